The fourth-order valence-corrected chi connectivity index (χ4v) is 3.82. The topological polar surface area (TPSA) is 49.9 Å². The number of hydrogen-bond acceptors (Lipinski definition) is 2. The zero-order valence-electron chi connectivity index (χ0n) is 9.98. The van der Waals surface area contributed by atoms with Gasteiger partial charge in [-0.1, -0.05) is 40.3 Å². The number of H-pyrrole nitrogens is 1. The van der Waals surface area contributed by atoms with E-state index in [1.54, 1.807) is 18.3 Å². The van der Waals surface area contributed by atoms with Crippen molar-refractivity contribution in [1.29, 1.82) is 0 Å². The largest absolute Gasteiger partial charge is 0.352 e. The maximum absolute atomic E-state index is 12.5. The second-order valence-corrected chi connectivity index (χ2v) is 7.05. The molecule has 0 amide bonds. The Balaban J connectivity index is 2.48. The molecule has 1 N–H and O–H groups in total. The van der Waals surface area contributed by atoms with Gasteiger partial charge in [0.2, 0.25) is 9.84 Å². The van der Waals surface area contributed by atoms with Crippen LogP contribution in [0.25, 0.3) is 0 Å². The lowest BCUT2D eigenvalue weighted by Crippen LogP contribution is -2.05. The van der Waals surface area contributed by atoms with Gasteiger partial charge < -0.3 is 4.98 Å². The van der Waals surface area contributed by atoms with Crippen molar-refractivity contribution in [3.8, 4) is 0 Å². The Morgan fingerprint density at radius 3 is 2.44 bits per heavy atom. The molecule has 0 spiro atoms. The summed E-state index contributed by atoms with van der Waals surface area (Å²) in [6.07, 6.45) is 2.44. The molecule has 0 bridgehead atoms. The van der Waals surface area contributed by atoms with Crippen LogP contribution in [0.1, 0.15) is 11.1 Å². The van der Waals surface area contributed by atoms with Gasteiger partial charge in [0.15, 0.2) is 0 Å². The van der Waals surface area contributed by atoms with Gasteiger partial charge in [-0.25, -0.2) is 8.42 Å². The minimum absolute atomic E-state index is 0.322. The molecule has 0 atom stereocenters. The summed E-state index contributed by atoms with van der Waals surface area (Å²) in [6.45, 7) is 1.94. The molecule has 0 unspecified atom stereocenters. The Morgan fingerprint density at radius 2 is 1.83 bits per heavy atom. The van der Waals surface area contributed by atoms with E-state index in [-0.39, 0.29) is 0 Å². The van der Waals surface area contributed by atoms with Crippen molar-refractivity contribution in [2.24, 2.45) is 0 Å². The van der Waals surface area contributed by atoms with Crippen LogP contribution < -0.4 is 0 Å². The van der Waals surface area contributed by atoms with Gasteiger partial charge in [0.1, 0.15) is 5.03 Å². The Bertz CT molecular complexity index is 629. The third-order valence-corrected chi connectivity index (χ3v) is 5.10. The van der Waals surface area contributed by atoms with Crippen LogP contribution in [0.15, 0.2) is 46.5 Å². The van der Waals surface area contributed by atoms with Gasteiger partial charge >= 0.3 is 0 Å². The Kier molecular flexibility index (Phi) is 4.11. The predicted octanol–water partition coefficient (Wildman–Crippen LogP) is 3.13. The standard InChI is InChI=1S/C13H14INO2S/c1-10-2-4-12(5-3-10)18(16,17)13-11(6-8-14)7-9-15-13/h2-5,7,9,15H,6,8H2,1H3. The van der Waals surface area contributed by atoms with E-state index in [9.17, 15) is 8.42 Å². The van der Waals surface area contributed by atoms with E-state index in [1.165, 1.54) is 0 Å². The molecule has 1 aromatic carbocycles. The molecule has 3 nitrogen and oxygen atoms in total. The fourth-order valence-electron chi connectivity index (χ4n) is 1.77. The van der Waals surface area contributed by atoms with Gasteiger partial charge in [-0.2, -0.15) is 0 Å². The van der Waals surface area contributed by atoms with E-state index in [1.807, 2.05) is 25.1 Å². The van der Waals surface area contributed by atoms with Gasteiger partial charge in [-0.15, -0.1) is 0 Å². The second-order valence-electron chi connectivity index (χ2n) is 4.09. The monoisotopic (exact) mass is 375 g/mol. The number of alkyl halides is 1. The highest BCUT2D eigenvalue weighted by molar-refractivity contribution is 14.1. The number of aromatic amines is 1. The van der Waals surface area contributed by atoms with E-state index >= 15 is 0 Å². The summed E-state index contributed by atoms with van der Waals surface area (Å²) in [4.78, 5) is 3.19. The Morgan fingerprint density at radius 1 is 1.17 bits per heavy atom. The average Bonchev–Trinajstić information content (AvgIpc) is 2.79. The molecule has 0 aliphatic rings. The van der Waals surface area contributed by atoms with E-state index in [2.05, 4.69) is 27.6 Å². The summed E-state index contributed by atoms with van der Waals surface area (Å²) in [5.74, 6) is 0. The minimum atomic E-state index is -3.42. The van der Waals surface area contributed by atoms with E-state index in [4.69, 9.17) is 0 Å². The van der Waals surface area contributed by atoms with Gasteiger partial charge in [0, 0.05) is 10.6 Å². The molecular formula is C13H14INO2S. The number of sulfone groups is 1. The van der Waals surface area contributed by atoms with Crippen LogP contribution in [0.4, 0.5) is 0 Å². The zero-order valence-corrected chi connectivity index (χ0v) is 13.0. The van der Waals surface area contributed by atoms with Crippen molar-refractivity contribution in [3.05, 3.63) is 47.7 Å². The number of aromatic nitrogens is 1. The highest BCUT2D eigenvalue weighted by Crippen LogP contribution is 2.23. The first-order valence-corrected chi connectivity index (χ1v) is 8.60. The number of halogens is 1. The van der Waals surface area contributed by atoms with Crippen molar-refractivity contribution in [2.75, 3.05) is 4.43 Å². The van der Waals surface area contributed by atoms with E-state index < -0.39 is 9.84 Å². The molecular weight excluding hydrogens is 361 g/mol. The number of hydrogen-bond donors (Lipinski definition) is 1. The minimum Gasteiger partial charge on any atom is -0.352 e. The highest BCUT2D eigenvalue weighted by atomic mass is 127. The molecule has 0 saturated heterocycles. The zero-order chi connectivity index (χ0) is 13.2. The lowest BCUT2D eigenvalue weighted by molar-refractivity contribution is 0.592. The van der Waals surface area contributed by atoms with Crippen LogP contribution in [-0.4, -0.2) is 17.8 Å². The van der Waals surface area contributed by atoms with E-state index in [0.717, 1.165) is 22.0 Å². The third-order valence-electron chi connectivity index (χ3n) is 2.75. The van der Waals surface area contributed by atoms with Gasteiger partial charge in [0.05, 0.1) is 4.90 Å². The molecule has 5 heteroatoms. The predicted molar refractivity (Wildman–Crippen MR) is 80.0 cm³/mol. The maximum atomic E-state index is 12.5. The molecule has 0 radical (unpaired) electrons. The molecule has 0 fully saturated rings. The van der Waals surface area contributed by atoms with E-state index in [0.29, 0.717) is 9.92 Å². The average molecular weight is 375 g/mol. The first kappa shape index (κ1) is 13.6. The molecule has 96 valence electrons. The number of rotatable bonds is 4. The van der Waals surface area contributed by atoms with Crippen molar-refractivity contribution < 1.29 is 8.42 Å². The van der Waals surface area contributed by atoms with Crippen LogP contribution in [0, 0.1) is 6.92 Å². The third kappa shape index (κ3) is 2.61. The summed E-state index contributed by atoms with van der Waals surface area (Å²) >= 11 is 2.24. The molecule has 18 heavy (non-hydrogen) atoms. The normalized spacial score (nSPS) is 11.7. The van der Waals surface area contributed by atoms with Crippen LogP contribution in [0.5, 0.6) is 0 Å². The fraction of sp³-hybridized carbons (Fsp3) is 0.231. The van der Waals surface area contributed by atoms with Crippen molar-refractivity contribution >= 4 is 32.4 Å². The van der Waals surface area contributed by atoms with Crippen molar-refractivity contribution in [1.82, 2.24) is 4.98 Å². The van der Waals surface area contributed by atoms with Crippen LogP contribution in [0.2, 0.25) is 0 Å². The van der Waals surface area contributed by atoms with Crippen LogP contribution in [0.3, 0.4) is 0 Å². The first-order chi connectivity index (χ1) is 8.55. The lowest BCUT2D eigenvalue weighted by Gasteiger charge is -2.05. The smallest absolute Gasteiger partial charge is 0.222 e. The SMILES string of the molecule is Cc1ccc(S(=O)(=O)c2[nH]ccc2CCI)cc1. The number of nitrogens with one attached hydrogen (secondary N) is 1. The summed E-state index contributed by atoms with van der Waals surface area (Å²) < 4.78 is 25.8. The summed E-state index contributed by atoms with van der Waals surface area (Å²) in [7, 11) is -3.42. The molecule has 0 aliphatic heterocycles. The number of benzene rings is 1. The summed E-state index contributed by atoms with van der Waals surface area (Å²) in [6, 6.07) is 8.76. The second kappa shape index (κ2) is 5.44. The molecule has 2 aromatic rings. The first-order valence-electron chi connectivity index (χ1n) is 5.59. The molecule has 0 saturated carbocycles. The quantitative estimate of drug-likeness (QED) is 0.660. The molecule has 2 rings (SSSR count). The Labute approximate surface area is 121 Å². The maximum Gasteiger partial charge on any atom is 0.222 e. The lowest BCUT2D eigenvalue weighted by atomic mass is 10.2. The number of aryl methyl sites for hydroxylation is 2. The van der Waals surface area contributed by atoms with Gasteiger partial charge in [-0.3, -0.25) is 0 Å². The molecule has 1 aromatic heterocycles. The highest BCUT2D eigenvalue weighted by Gasteiger charge is 2.21. The van der Waals surface area contributed by atoms with Gasteiger partial charge in [-0.05, 0) is 37.1 Å². The van der Waals surface area contributed by atoms with Crippen LogP contribution in [-0.2, 0) is 16.3 Å². The summed E-state index contributed by atoms with van der Waals surface area (Å²) in [5, 5.41) is 0.322. The Hall–Kier alpha value is -0.820. The molecule has 1 heterocycles. The van der Waals surface area contributed by atoms with Crippen LogP contribution >= 0.6 is 22.6 Å². The molecule has 0 aliphatic carbocycles. The van der Waals surface area contributed by atoms with Gasteiger partial charge in [0.25, 0.3) is 0 Å². The van der Waals surface area contributed by atoms with Crippen molar-refractivity contribution in [3.63, 3.8) is 0 Å². The van der Waals surface area contributed by atoms with Crippen molar-refractivity contribution in [2.45, 2.75) is 23.3 Å². The summed E-state index contributed by atoms with van der Waals surface area (Å²) in [5.41, 5.74) is 1.90.